The summed E-state index contributed by atoms with van der Waals surface area (Å²) in [5.74, 6) is 0.607. The summed E-state index contributed by atoms with van der Waals surface area (Å²) < 4.78 is 1.60. The largest absolute Gasteiger partial charge is 0.477 e. The zero-order valence-electron chi connectivity index (χ0n) is 8.46. The van der Waals surface area contributed by atoms with Crippen LogP contribution in [0.4, 0.5) is 0 Å². The molecule has 0 bridgehead atoms. The lowest BCUT2D eigenvalue weighted by molar-refractivity contribution is -0.129. The Balaban J connectivity index is 2.00. The van der Waals surface area contributed by atoms with Crippen molar-refractivity contribution in [3.05, 3.63) is 5.82 Å². The Morgan fingerprint density at radius 2 is 2.25 bits per heavy atom. The van der Waals surface area contributed by atoms with Crippen molar-refractivity contribution in [1.82, 2.24) is 14.9 Å². The van der Waals surface area contributed by atoms with Gasteiger partial charge in [-0.05, 0) is 12.8 Å². The molecule has 1 fully saturated rings. The number of thioether (sulfide) groups is 1. The van der Waals surface area contributed by atoms with E-state index in [-0.39, 0.29) is 5.71 Å². The molecule has 0 atom stereocenters. The van der Waals surface area contributed by atoms with Crippen LogP contribution in [0.15, 0.2) is 10.3 Å². The first-order valence-electron chi connectivity index (χ1n) is 5.15. The van der Waals surface area contributed by atoms with Gasteiger partial charge in [-0.3, -0.25) is 0 Å². The lowest BCUT2D eigenvalue weighted by Gasteiger charge is -2.24. The van der Waals surface area contributed by atoms with E-state index >= 15 is 0 Å². The van der Waals surface area contributed by atoms with Crippen LogP contribution in [-0.2, 0) is 4.79 Å². The Labute approximate surface area is 95.7 Å². The van der Waals surface area contributed by atoms with E-state index in [1.54, 1.807) is 4.68 Å². The highest BCUT2D eigenvalue weighted by Gasteiger charge is 2.29. The van der Waals surface area contributed by atoms with Crippen LogP contribution >= 0.6 is 11.8 Å². The Morgan fingerprint density at radius 3 is 2.88 bits per heavy atom. The molecule has 0 saturated heterocycles. The predicted molar refractivity (Wildman–Crippen MR) is 57.8 cm³/mol. The van der Waals surface area contributed by atoms with E-state index in [1.165, 1.54) is 18.2 Å². The molecule has 6 nitrogen and oxygen atoms in total. The molecule has 0 spiro atoms. The minimum Gasteiger partial charge on any atom is -0.477 e. The molecule has 0 amide bonds. The van der Waals surface area contributed by atoms with E-state index in [1.807, 2.05) is 0 Å². The van der Waals surface area contributed by atoms with Gasteiger partial charge in [-0.1, -0.05) is 18.2 Å². The van der Waals surface area contributed by atoms with Crippen molar-refractivity contribution in [3.63, 3.8) is 0 Å². The second-order valence-corrected chi connectivity index (χ2v) is 4.86. The first-order valence-corrected chi connectivity index (χ1v) is 6.13. The van der Waals surface area contributed by atoms with Crippen LogP contribution in [-0.4, -0.2) is 37.4 Å². The second kappa shape index (κ2) is 3.58. The molecule has 1 N–H and O–H groups in total. The van der Waals surface area contributed by atoms with Crippen LogP contribution in [0.3, 0.4) is 0 Å². The summed E-state index contributed by atoms with van der Waals surface area (Å²) in [4.78, 5) is 10.9. The molecule has 0 aromatic carbocycles. The van der Waals surface area contributed by atoms with Crippen molar-refractivity contribution in [2.75, 3.05) is 5.75 Å². The van der Waals surface area contributed by atoms with Crippen LogP contribution in [0, 0.1) is 0 Å². The molecule has 2 aliphatic rings. The van der Waals surface area contributed by atoms with E-state index in [0.717, 1.165) is 18.7 Å². The Bertz CT molecular complexity index is 478. The first-order chi connectivity index (χ1) is 7.75. The SMILES string of the molecule is O=C(O)C1=Nn2c(nnc2C2CCC2)SC1. The molecule has 1 aliphatic carbocycles. The molecule has 1 aliphatic heterocycles. The van der Waals surface area contributed by atoms with E-state index in [9.17, 15) is 4.79 Å². The smallest absolute Gasteiger partial charge is 0.352 e. The fourth-order valence-electron chi connectivity index (χ4n) is 1.77. The zero-order valence-corrected chi connectivity index (χ0v) is 9.27. The van der Waals surface area contributed by atoms with E-state index in [4.69, 9.17) is 5.11 Å². The summed E-state index contributed by atoms with van der Waals surface area (Å²) in [6.45, 7) is 0. The topological polar surface area (TPSA) is 80.4 Å². The van der Waals surface area contributed by atoms with Crippen LogP contribution < -0.4 is 0 Å². The number of hydrogen-bond acceptors (Lipinski definition) is 5. The number of rotatable bonds is 2. The molecule has 7 heteroatoms. The summed E-state index contributed by atoms with van der Waals surface area (Å²) in [7, 11) is 0. The van der Waals surface area contributed by atoms with Gasteiger partial charge < -0.3 is 5.11 Å². The third-order valence-corrected chi connectivity index (χ3v) is 3.84. The third kappa shape index (κ3) is 1.42. The first kappa shape index (κ1) is 9.83. The molecular formula is C9H10N4O2S. The van der Waals surface area contributed by atoms with Gasteiger partial charge in [0, 0.05) is 5.92 Å². The summed E-state index contributed by atoms with van der Waals surface area (Å²) in [5.41, 5.74) is 0.165. The van der Waals surface area contributed by atoms with Gasteiger partial charge in [0.2, 0.25) is 5.16 Å². The lowest BCUT2D eigenvalue weighted by atomic mass is 9.85. The molecular weight excluding hydrogens is 228 g/mol. The van der Waals surface area contributed by atoms with Crippen molar-refractivity contribution in [3.8, 4) is 0 Å². The van der Waals surface area contributed by atoms with Crippen molar-refractivity contribution >= 4 is 23.4 Å². The van der Waals surface area contributed by atoms with Gasteiger partial charge in [0.25, 0.3) is 0 Å². The van der Waals surface area contributed by atoms with Gasteiger partial charge in [-0.2, -0.15) is 9.78 Å². The maximum Gasteiger partial charge on any atom is 0.352 e. The number of fused-ring (bicyclic) bond motifs is 1. The van der Waals surface area contributed by atoms with Gasteiger partial charge in [-0.25, -0.2) is 4.79 Å². The zero-order chi connectivity index (χ0) is 11.1. The summed E-state index contributed by atoms with van der Waals surface area (Å²) >= 11 is 1.38. The third-order valence-electron chi connectivity index (χ3n) is 2.91. The maximum atomic E-state index is 10.9. The molecule has 1 aromatic rings. The van der Waals surface area contributed by atoms with Crippen molar-refractivity contribution < 1.29 is 9.90 Å². The Kier molecular flexibility index (Phi) is 2.20. The number of hydrogen-bond donors (Lipinski definition) is 1. The highest BCUT2D eigenvalue weighted by atomic mass is 32.2. The summed E-state index contributed by atoms with van der Waals surface area (Å²) in [5, 5.41) is 21.8. The number of carboxylic acids is 1. The van der Waals surface area contributed by atoms with Crippen LogP contribution in [0.2, 0.25) is 0 Å². The average Bonchev–Trinajstić information content (AvgIpc) is 2.59. The van der Waals surface area contributed by atoms with Crippen molar-refractivity contribution in [1.29, 1.82) is 0 Å². The average molecular weight is 238 g/mol. The molecule has 16 heavy (non-hydrogen) atoms. The second-order valence-electron chi connectivity index (χ2n) is 3.92. The van der Waals surface area contributed by atoms with Crippen LogP contribution in [0.5, 0.6) is 0 Å². The van der Waals surface area contributed by atoms with E-state index in [0.29, 0.717) is 16.8 Å². The Hall–Kier alpha value is -1.37. The van der Waals surface area contributed by atoms with E-state index < -0.39 is 5.97 Å². The summed E-state index contributed by atoms with van der Waals surface area (Å²) in [6, 6.07) is 0. The monoisotopic (exact) mass is 238 g/mol. The van der Waals surface area contributed by atoms with E-state index in [2.05, 4.69) is 15.3 Å². The standard InChI is InChI=1S/C9H10N4O2S/c14-8(15)6-4-16-9-11-10-7(13(9)12-6)5-2-1-3-5/h5H,1-4H2,(H,14,15). The number of carbonyl (C=O) groups is 1. The quantitative estimate of drug-likeness (QED) is 0.829. The maximum absolute atomic E-state index is 10.9. The number of nitrogens with zero attached hydrogens (tertiary/aromatic N) is 4. The lowest BCUT2D eigenvalue weighted by Crippen LogP contribution is -2.23. The van der Waals surface area contributed by atoms with Gasteiger partial charge in [-0.15, -0.1) is 10.2 Å². The fourth-order valence-corrected chi connectivity index (χ4v) is 2.57. The van der Waals surface area contributed by atoms with Gasteiger partial charge in [0.05, 0.1) is 5.75 Å². The highest BCUT2D eigenvalue weighted by Crippen LogP contribution is 2.37. The molecule has 3 rings (SSSR count). The van der Waals surface area contributed by atoms with Gasteiger partial charge in [0.15, 0.2) is 11.5 Å². The molecule has 1 saturated carbocycles. The minimum atomic E-state index is -0.966. The number of aromatic nitrogens is 3. The fraction of sp³-hybridized carbons (Fsp3) is 0.556. The number of carboxylic acid groups (broad SMARTS) is 1. The molecule has 1 aromatic heterocycles. The van der Waals surface area contributed by atoms with Crippen molar-refractivity contribution in [2.24, 2.45) is 5.10 Å². The van der Waals surface area contributed by atoms with Gasteiger partial charge in [0.1, 0.15) is 0 Å². The molecule has 0 radical (unpaired) electrons. The molecule has 0 unspecified atom stereocenters. The minimum absolute atomic E-state index is 0.165. The Morgan fingerprint density at radius 1 is 1.44 bits per heavy atom. The molecule has 2 heterocycles. The number of aliphatic carboxylic acids is 1. The van der Waals surface area contributed by atoms with Crippen molar-refractivity contribution in [2.45, 2.75) is 30.3 Å². The van der Waals surface area contributed by atoms with Crippen LogP contribution in [0.25, 0.3) is 0 Å². The molecule has 84 valence electrons. The normalized spacial score (nSPS) is 19.9. The predicted octanol–water partition coefficient (Wildman–Crippen LogP) is 0.940. The highest BCUT2D eigenvalue weighted by molar-refractivity contribution is 8.00. The van der Waals surface area contributed by atoms with Crippen LogP contribution in [0.1, 0.15) is 31.0 Å². The van der Waals surface area contributed by atoms with Gasteiger partial charge >= 0.3 is 5.97 Å². The summed E-state index contributed by atoms with van der Waals surface area (Å²) in [6.07, 6.45) is 3.40.